The van der Waals surface area contributed by atoms with Crippen LogP contribution in [0, 0.1) is 5.82 Å². The maximum atomic E-state index is 13.5. The first-order chi connectivity index (χ1) is 14.2. The Labute approximate surface area is 167 Å². The summed E-state index contributed by atoms with van der Waals surface area (Å²) in [7, 11) is 0. The molecule has 29 heavy (non-hydrogen) atoms. The fraction of sp³-hybridized carbons (Fsp3) is 0.130. The highest BCUT2D eigenvalue weighted by molar-refractivity contribution is 5.77. The van der Waals surface area contributed by atoms with Gasteiger partial charge in [-0.3, -0.25) is 4.79 Å². The van der Waals surface area contributed by atoms with E-state index in [4.69, 9.17) is 4.74 Å². The largest absolute Gasteiger partial charge is 0.481 e. The molecule has 0 spiro atoms. The molecule has 0 saturated heterocycles. The first-order valence-electron chi connectivity index (χ1n) is 9.31. The van der Waals surface area contributed by atoms with Crippen molar-refractivity contribution < 1.29 is 13.9 Å². The number of rotatable bonds is 7. The summed E-state index contributed by atoms with van der Waals surface area (Å²) in [5.74, 6) is -0.720. The average Bonchev–Trinajstić information content (AvgIpc) is 3.15. The van der Waals surface area contributed by atoms with E-state index in [1.807, 2.05) is 48.8 Å². The average molecular weight is 389 g/mol. The van der Waals surface area contributed by atoms with Gasteiger partial charge in [-0.15, -0.1) is 0 Å². The van der Waals surface area contributed by atoms with Crippen LogP contribution in [0.5, 0.6) is 5.75 Å². The molecule has 5 nitrogen and oxygen atoms in total. The molecule has 0 aliphatic rings. The predicted molar refractivity (Wildman–Crippen MR) is 109 cm³/mol. The number of amides is 1. The van der Waals surface area contributed by atoms with Crippen molar-refractivity contribution in [1.82, 2.24) is 14.9 Å². The van der Waals surface area contributed by atoms with Gasteiger partial charge in [-0.2, -0.15) is 0 Å². The Kier molecular flexibility index (Phi) is 5.52. The fourth-order valence-corrected chi connectivity index (χ4v) is 3.05. The van der Waals surface area contributed by atoms with Crippen molar-refractivity contribution in [3.63, 3.8) is 0 Å². The third kappa shape index (κ3) is 4.60. The zero-order valence-electron chi connectivity index (χ0n) is 15.7. The second kappa shape index (κ2) is 8.56. The summed E-state index contributed by atoms with van der Waals surface area (Å²) in [6.45, 7) is 0.879. The fourth-order valence-electron chi connectivity index (χ4n) is 3.05. The quantitative estimate of drug-likeness (QED) is 0.521. The van der Waals surface area contributed by atoms with Crippen molar-refractivity contribution in [2.24, 2.45) is 0 Å². The Morgan fingerprint density at radius 1 is 0.966 bits per heavy atom. The number of fused-ring (bicyclic) bond motifs is 1. The first-order valence-corrected chi connectivity index (χ1v) is 9.31. The maximum absolute atomic E-state index is 13.5. The third-order valence-corrected chi connectivity index (χ3v) is 4.59. The standard InChI is InChI=1S/C23H20FN3O2/c24-19-5-1-4-8-22(19)29-15-23(28)25-13-17-9-11-18(12-10-17)14-27-16-26-20-6-2-3-7-21(20)27/h1-12,16H,13-15H2,(H,25,28). The van der Waals surface area contributed by atoms with E-state index < -0.39 is 5.82 Å². The van der Waals surface area contributed by atoms with Crippen LogP contribution < -0.4 is 10.1 Å². The number of benzene rings is 3. The molecule has 1 N–H and O–H groups in total. The van der Waals surface area contributed by atoms with Gasteiger partial charge in [0.1, 0.15) is 0 Å². The van der Waals surface area contributed by atoms with Crippen molar-refractivity contribution in [2.75, 3.05) is 6.61 Å². The van der Waals surface area contributed by atoms with E-state index in [0.29, 0.717) is 6.54 Å². The summed E-state index contributed by atoms with van der Waals surface area (Å²) in [5, 5.41) is 2.78. The summed E-state index contributed by atoms with van der Waals surface area (Å²) in [6, 6.07) is 22.1. The molecular formula is C23H20FN3O2. The van der Waals surface area contributed by atoms with Gasteiger partial charge in [-0.05, 0) is 35.4 Å². The van der Waals surface area contributed by atoms with Gasteiger partial charge in [0.25, 0.3) is 5.91 Å². The number of nitrogens with zero attached hydrogens (tertiary/aromatic N) is 2. The Morgan fingerprint density at radius 3 is 2.52 bits per heavy atom. The maximum Gasteiger partial charge on any atom is 0.258 e. The lowest BCUT2D eigenvalue weighted by molar-refractivity contribution is -0.123. The van der Waals surface area contributed by atoms with Crippen LogP contribution in [0.4, 0.5) is 4.39 Å². The van der Waals surface area contributed by atoms with Crippen LogP contribution in [0.25, 0.3) is 11.0 Å². The molecule has 0 saturated carbocycles. The van der Waals surface area contributed by atoms with E-state index in [1.165, 1.54) is 12.1 Å². The van der Waals surface area contributed by atoms with E-state index >= 15 is 0 Å². The normalized spacial score (nSPS) is 10.8. The number of hydrogen-bond acceptors (Lipinski definition) is 3. The van der Waals surface area contributed by atoms with E-state index in [-0.39, 0.29) is 18.3 Å². The third-order valence-electron chi connectivity index (χ3n) is 4.59. The topological polar surface area (TPSA) is 56.1 Å². The molecule has 1 heterocycles. The monoisotopic (exact) mass is 389 g/mol. The highest BCUT2D eigenvalue weighted by Gasteiger charge is 2.07. The smallest absolute Gasteiger partial charge is 0.258 e. The molecule has 1 amide bonds. The number of ether oxygens (including phenoxy) is 1. The van der Waals surface area contributed by atoms with Gasteiger partial charge in [0.2, 0.25) is 0 Å². The van der Waals surface area contributed by atoms with Crippen LogP contribution in [0.15, 0.2) is 79.1 Å². The number of carbonyl (C=O) groups excluding carboxylic acids is 1. The first kappa shape index (κ1) is 18.7. The minimum Gasteiger partial charge on any atom is -0.481 e. The Morgan fingerprint density at radius 2 is 1.69 bits per heavy atom. The molecule has 0 aliphatic heterocycles. The predicted octanol–water partition coefficient (Wildman–Crippen LogP) is 3.92. The van der Waals surface area contributed by atoms with E-state index in [0.717, 1.165) is 28.7 Å². The summed E-state index contributed by atoms with van der Waals surface area (Å²) in [5.41, 5.74) is 4.19. The minimum atomic E-state index is -0.485. The second-order valence-electron chi connectivity index (χ2n) is 6.67. The van der Waals surface area contributed by atoms with Crippen LogP contribution in [0.3, 0.4) is 0 Å². The van der Waals surface area contributed by atoms with Crippen LogP contribution >= 0.6 is 0 Å². The summed E-state index contributed by atoms with van der Waals surface area (Å²) in [4.78, 5) is 16.3. The lowest BCUT2D eigenvalue weighted by Crippen LogP contribution is -2.28. The molecule has 0 fully saturated rings. The van der Waals surface area contributed by atoms with Gasteiger partial charge >= 0.3 is 0 Å². The number of aromatic nitrogens is 2. The van der Waals surface area contributed by atoms with Gasteiger partial charge in [-0.1, -0.05) is 48.5 Å². The Bertz CT molecular complexity index is 1120. The second-order valence-corrected chi connectivity index (χ2v) is 6.67. The summed E-state index contributed by atoms with van der Waals surface area (Å²) >= 11 is 0. The van der Waals surface area contributed by atoms with Crippen molar-refractivity contribution in [2.45, 2.75) is 13.1 Å². The van der Waals surface area contributed by atoms with Gasteiger partial charge in [0.05, 0.1) is 17.4 Å². The van der Waals surface area contributed by atoms with E-state index in [2.05, 4.69) is 20.9 Å². The van der Waals surface area contributed by atoms with Gasteiger partial charge in [0, 0.05) is 13.1 Å². The van der Waals surface area contributed by atoms with Crippen molar-refractivity contribution in [1.29, 1.82) is 0 Å². The lowest BCUT2D eigenvalue weighted by Gasteiger charge is -2.09. The molecule has 146 valence electrons. The molecule has 4 rings (SSSR count). The molecule has 0 radical (unpaired) electrons. The zero-order chi connectivity index (χ0) is 20.1. The molecule has 0 aliphatic carbocycles. The van der Waals surface area contributed by atoms with Crippen LogP contribution in [-0.4, -0.2) is 22.1 Å². The van der Waals surface area contributed by atoms with E-state index in [1.54, 1.807) is 12.1 Å². The minimum absolute atomic E-state index is 0.0685. The van der Waals surface area contributed by atoms with E-state index in [9.17, 15) is 9.18 Å². The Balaban J connectivity index is 1.29. The van der Waals surface area contributed by atoms with Crippen molar-refractivity contribution in [3.8, 4) is 5.75 Å². The molecule has 6 heteroatoms. The van der Waals surface area contributed by atoms with Gasteiger partial charge < -0.3 is 14.6 Å². The van der Waals surface area contributed by atoms with Gasteiger partial charge in [-0.25, -0.2) is 9.37 Å². The lowest BCUT2D eigenvalue weighted by atomic mass is 10.1. The van der Waals surface area contributed by atoms with Crippen molar-refractivity contribution in [3.05, 3.63) is 96.1 Å². The number of halogens is 1. The van der Waals surface area contributed by atoms with Crippen LogP contribution in [-0.2, 0) is 17.9 Å². The number of nitrogens with one attached hydrogen (secondary N) is 1. The molecule has 0 atom stereocenters. The molecule has 0 unspecified atom stereocenters. The molecular weight excluding hydrogens is 369 g/mol. The SMILES string of the molecule is O=C(COc1ccccc1F)NCc1ccc(Cn2cnc3ccccc32)cc1. The number of para-hydroxylation sites is 3. The molecule has 0 bridgehead atoms. The van der Waals surface area contributed by atoms with Gasteiger partial charge in [0.15, 0.2) is 18.2 Å². The molecule has 1 aromatic heterocycles. The molecule has 4 aromatic rings. The summed E-state index contributed by atoms with van der Waals surface area (Å²) < 4.78 is 20.8. The number of carbonyl (C=O) groups is 1. The molecule has 3 aromatic carbocycles. The zero-order valence-corrected chi connectivity index (χ0v) is 15.7. The number of imidazole rings is 1. The van der Waals surface area contributed by atoms with Crippen molar-refractivity contribution >= 4 is 16.9 Å². The van der Waals surface area contributed by atoms with Crippen LogP contribution in [0.1, 0.15) is 11.1 Å². The van der Waals surface area contributed by atoms with Crippen LogP contribution in [0.2, 0.25) is 0 Å². The highest BCUT2D eigenvalue weighted by atomic mass is 19.1. The highest BCUT2D eigenvalue weighted by Crippen LogP contribution is 2.16. The Hall–Kier alpha value is -3.67. The summed E-state index contributed by atoms with van der Waals surface area (Å²) in [6.07, 6.45) is 1.84. The number of hydrogen-bond donors (Lipinski definition) is 1.